The molecule has 1 unspecified atom stereocenters. The highest BCUT2D eigenvalue weighted by Gasteiger charge is 2.55. The Morgan fingerprint density at radius 2 is 1.96 bits per heavy atom. The second-order valence-corrected chi connectivity index (χ2v) is 6.79. The third-order valence-electron chi connectivity index (χ3n) is 5.68. The van der Waals surface area contributed by atoms with Crippen molar-refractivity contribution in [1.29, 1.82) is 0 Å². The number of rotatable bonds is 3. The van der Waals surface area contributed by atoms with Gasteiger partial charge in [-0.2, -0.15) is 0 Å². The van der Waals surface area contributed by atoms with Gasteiger partial charge in [0.15, 0.2) is 0 Å². The molecule has 2 heterocycles. The van der Waals surface area contributed by atoms with E-state index in [1.807, 2.05) is 0 Å². The van der Waals surface area contributed by atoms with Gasteiger partial charge in [-0.05, 0) is 31.0 Å². The maximum absolute atomic E-state index is 13.6. The zero-order valence-electron chi connectivity index (χ0n) is 14.7. The molecule has 0 aliphatic carbocycles. The minimum Gasteiger partial charge on any atom is -0.496 e. The second-order valence-electron chi connectivity index (χ2n) is 6.79. The summed E-state index contributed by atoms with van der Waals surface area (Å²) in [5, 5.41) is 9.50. The molecule has 7 nitrogen and oxygen atoms in total. The smallest absolute Gasteiger partial charge is 0.309 e. The summed E-state index contributed by atoms with van der Waals surface area (Å²) in [6, 6.07) is 3.76. The van der Waals surface area contributed by atoms with E-state index >= 15 is 0 Å². The van der Waals surface area contributed by atoms with Crippen molar-refractivity contribution >= 4 is 17.8 Å². The molecule has 0 saturated carbocycles. The molecule has 0 bridgehead atoms. The third-order valence-corrected chi connectivity index (χ3v) is 5.68. The third kappa shape index (κ3) is 2.79. The molecule has 2 aliphatic rings. The molecular formula is C18H21FN2O5. The summed E-state index contributed by atoms with van der Waals surface area (Å²) in [4.78, 5) is 39.5. The fourth-order valence-electron chi connectivity index (χ4n) is 4.10. The standard InChI is InChI=1S/C18H21FN2O5/c1-20-15(22)10-13(17(24)25)18(20)5-7-21(8-6-18)16(23)12-9-11(19)3-4-14(12)26-2/h3-4,9,13H,5-8,10H2,1-2H3,(H,24,25). The minimum absolute atomic E-state index is 0.0164. The maximum Gasteiger partial charge on any atom is 0.309 e. The molecule has 1 aromatic carbocycles. The fourth-order valence-corrected chi connectivity index (χ4v) is 4.10. The molecule has 1 atom stereocenters. The number of hydrogen-bond acceptors (Lipinski definition) is 4. The number of piperidine rings is 1. The molecule has 1 N–H and O–H groups in total. The van der Waals surface area contributed by atoms with Crippen LogP contribution in [0.1, 0.15) is 29.6 Å². The maximum atomic E-state index is 13.6. The Kier molecular flexibility index (Phi) is 4.60. The first-order valence-electron chi connectivity index (χ1n) is 8.42. The number of carbonyl (C=O) groups excluding carboxylic acids is 2. The molecule has 8 heteroatoms. The normalized spacial score (nSPS) is 22.0. The van der Waals surface area contributed by atoms with E-state index in [9.17, 15) is 23.9 Å². The van der Waals surface area contributed by atoms with Crippen molar-refractivity contribution in [1.82, 2.24) is 9.80 Å². The Morgan fingerprint density at radius 1 is 1.31 bits per heavy atom. The van der Waals surface area contributed by atoms with Gasteiger partial charge in [-0.1, -0.05) is 0 Å². The molecule has 0 radical (unpaired) electrons. The van der Waals surface area contributed by atoms with Gasteiger partial charge in [0.1, 0.15) is 11.6 Å². The number of amides is 2. The van der Waals surface area contributed by atoms with Crippen LogP contribution in [-0.4, -0.2) is 65.5 Å². The Hall–Kier alpha value is -2.64. The number of aliphatic carboxylic acids is 1. The van der Waals surface area contributed by atoms with Crippen molar-refractivity contribution in [2.24, 2.45) is 5.92 Å². The van der Waals surface area contributed by atoms with Crippen LogP contribution in [-0.2, 0) is 9.59 Å². The Balaban J connectivity index is 1.80. The summed E-state index contributed by atoms with van der Waals surface area (Å²) in [7, 11) is 3.03. The van der Waals surface area contributed by atoms with Crippen molar-refractivity contribution < 1.29 is 28.6 Å². The van der Waals surface area contributed by atoms with Gasteiger partial charge in [0.05, 0.1) is 24.1 Å². The summed E-state index contributed by atoms with van der Waals surface area (Å²) in [6.07, 6.45) is 0.725. The van der Waals surface area contributed by atoms with Crippen molar-refractivity contribution in [3.63, 3.8) is 0 Å². The highest BCUT2D eigenvalue weighted by molar-refractivity contribution is 5.97. The zero-order chi connectivity index (χ0) is 19.1. The highest BCUT2D eigenvalue weighted by Crippen LogP contribution is 2.43. The predicted octanol–water partition coefficient (Wildman–Crippen LogP) is 1.37. The molecule has 26 heavy (non-hydrogen) atoms. The lowest BCUT2D eigenvalue weighted by Gasteiger charge is -2.45. The quantitative estimate of drug-likeness (QED) is 0.875. The molecule has 0 aromatic heterocycles. The summed E-state index contributed by atoms with van der Waals surface area (Å²) in [5.41, 5.74) is -0.639. The molecule has 2 aliphatic heterocycles. The van der Waals surface area contributed by atoms with E-state index < -0.39 is 23.2 Å². The average Bonchev–Trinajstić information content (AvgIpc) is 2.87. The van der Waals surface area contributed by atoms with Gasteiger partial charge >= 0.3 is 5.97 Å². The Labute approximate surface area is 150 Å². The van der Waals surface area contributed by atoms with Gasteiger partial charge in [-0.25, -0.2) is 4.39 Å². The first kappa shape index (κ1) is 18.2. The van der Waals surface area contributed by atoms with Gasteiger partial charge in [-0.15, -0.1) is 0 Å². The number of nitrogens with zero attached hydrogens (tertiary/aromatic N) is 2. The number of carbonyl (C=O) groups is 3. The molecular weight excluding hydrogens is 343 g/mol. The largest absolute Gasteiger partial charge is 0.496 e. The number of halogens is 1. The van der Waals surface area contributed by atoms with Crippen LogP contribution in [0.15, 0.2) is 18.2 Å². The Morgan fingerprint density at radius 3 is 2.54 bits per heavy atom. The molecule has 2 fully saturated rings. The lowest BCUT2D eigenvalue weighted by Crippen LogP contribution is -2.57. The summed E-state index contributed by atoms with van der Waals surface area (Å²) >= 11 is 0. The summed E-state index contributed by atoms with van der Waals surface area (Å²) in [6.45, 7) is 0.583. The van der Waals surface area contributed by atoms with Crippen LogP contribution in [0.5, 0.6) is 5.75 Å². The van der Waals surface area contributed by atoms with E-state index in [2.05, 4.69) is 0 Å². The van der Waals surface area contributed by atoms with Crippen molar-refractivity contribution in [3.05, 3.63) is 29.6 Å². The molecule has 3 rings (SSSR count). The van der Waals surface area contributed by atoms with Crippen LogP contribution in [0.2, 0.25) is 0 Å². The average molecular weight is 364 g/mol. The minimum atomic E-state index is -0.991. The van der Waals surface area contributed by atoms with Crippen molar-refractivity contribution in [2.75, 3.05) is 27.2 Å². The van der Waals surface area contributed by atoms with E-state index in [1.54, 1.807) is 11.9 Å². The van der Waals surface area contributed by atoms with Crippen LogP contribution in [0.3, 0.4) is 0 Å². The molecule has 1 spiro atoms. The molecule has 2 saturated heterocycles. The van der Waals surface area contributed by atoms with Crippen LogP contribution >= 0.6 is 0 Å². The number of carboxylic acid groups (broad SMARTS) is 1. The van der Waals surface area contributed by atoms with E-state index in [1.165, 1.54) is 24.1 Å². The van der Waals surface area contributed by atoms with E-state index in [0.717, 1.165) is 6.07 Å². The first-order chi connectivity index (χ1) is 12.3. The fraction of sp³-hybridized carbons (Fsp3) is 0.500. The van der Waals surface area contributed by atoms with E-state index in [4.69, 9.17) is 4.74 Å². The lowest BCUT2D eigenvalue weighted by atomic mass is 9.77. The SMILES string of the molecule is COc1ccc(F)cc1C(=O)N1CCC2(CC1)C(C(=O)O)CC(=O)N2C. The number of ether oxygens (including phenoxy) is 1. The second kappa shape index (κ2) is 6.59. The summed E-state index contributed by atoms with van der Waals surface area (Å²) in [5.74, 6) is -2.57. The number of hydrogen-bond donors (Lipinski definition) is 1. The van der Waals surface area contributed by atoms with Crippen LogP contribution in [0.25, 0.3) is 0 Å². The van der Waals surface area contributed by atoms with Crippen LogP contribution < -0.4 is 4.74 Å². The van der Waals surface area contributed by atoms with E-state index in [-0.39, 0.29) is 29.5 Å². The molecule has 140 valence electrons. The van der Waals surface area contributed by atoms with Gasteiger partial charge in [0, 0.05) is 26.6 Å². The molecule has 1 aromatic rings. The van der Waals surface area contributed by atoms with Gasteiger partial charge in [-0.3, -0.25) is 14.4 Å². The number of carboxylic acids is 1. The number of methoxy groups -OCH3 is 1. The molecule has 2 amide bonds. The van der Waals surface area contributed by atoms with Gasteiger partial charge in [0.2, 0.25) is 5.91 Å². The first-order valence-corrected chi connectivity index (χ1v) is 8.42. The van der Waals surface area contributed by atoms with Crippen molar-refractivity contribution in [3.8, 4) is 5.75 Å². The lowest BCUT2D eigenvalue weighted by molar-refractivity contribution is -0.145. The highest BCUT2D eigenvalue weighted by atomic mass is 19.1. The Bertz CT molecular complexity index is 758. The monoisotopic (exact) mass is 364 g/mol. The zero-order valence-corrected chi connectivity index (χ0v) is 14.7. The van der Waals surface area contributed by atoms with Gasteiger partial charge < -0.3 is 19.6 Å². The summed E-state index contributed by atoms with van der Waals surface area (Å²) < 4.78 is 18.7. The number of likely N-dealkylation sites (tertiary alicyclic amines) is 2. The van der Waals surface area contributed by atoms with Crippen molar-refractivity contribution in [2.45, 2.75) is 24.8 Å². The topological polar surface area (TPSA) is 87.1 Å². The number of benzene rings is 1. The predicted molar refractivity (Wildman–Crippen MR) is 89.3 cm³/mol. The van der Waals surface area contributed by atoms with Gasteiger partial charge in [0.25, 0.3) is 5.91 Å². The van der Waals surface area contributed by atoms with Crippen LogP contribution in [0.4, 0.5) is 4.39 Å². The van der Waals surface area contributed by atoms with E-state index in [0.29, 0.717) is 25.9 Å². The van der Waals surface area contributed by atoms with Crippen LogP contribution in [0, 0.1) is 11.7 Å².